The number of rotatable bonds is 5. The second kappa shape index (κ2) is 7.00. The zero-order chi connectivity index (χ0) is 18.0. The van der Waals surface area contributed by atoms with Crippen LogP contribution in [-0.2, 0) is 21.1 Å². The summed E-state index contributed by atoms with van der Waals surface area (Å²) in [4.78, 5) is 12.0. The molecule has 6 nitrogen and oxygen atoms in total. The van der Waals surface area contributed by atoms with Crippen LogP contribution < -0.4 is 5.43 Å². The molecule has 25 heavy (non-hydrogen) atoms. The number of para-hydroxylation sites is 1. The molecule has 1 aromatic carbocycles. The van der Waals surface area contributed by atoms with Crippen molar-refractivity contribution in [2.45, 2.75) is 33.1 Å². The number of fused-ring (bicyclic) bond motifs is 1. The summed E-state index contributed by atoms with van der Waals surface area (Å²) in [5.74, 6) is 0.555. The highest BCUT2D eigenvalue weighted by Gasteiger charge is 2.29. The minimum atomic E-state index is -2.97. The van der Waals surface area contributed by atoms with E-state index in [4.69, 9.17) is 4.42 Å². The van der Waals surface area contributed by atoms with E-state index in [1.807, 2.05) is 31.2 Å². The zero-order valence-electron chi connectivity index (χ0n) is 14.4. The van der Waals surface area contributed by atoms with Crippen LogP contribution in [0, 0.1) is 5.92 Å². The highest BCUT2D eigenvalue weighted by molar-refractivity contribution is 7.91. The predicted octanol–water partition coefficient (Wildman–Crippen LogP) is 2.66. The molecule has 1 amide bonds. The molecule has 1 saturated heterocycles. The molecule has 134 valence electrons. The van der Waals surface area contributed by atoms with E-state index in [-0.39, 0.29) is 29.8 Å². The van der Waals surface area contributed by atoms with E-state index in [1.54, 1.807) is 6.92 Å². The van der Waals surface area contributed by atoms with Crippen LogP contribution in [0.2, 0.25) is 0 Å². The number of carbonyl (C=O) groups is 1. The third-order valence-corrected chi connectivity index (χ3v) is 6.37. The number of hydrogen-bond acceptors (Lipinski definition) is 5. The fourth-order valence-electron chi connectivity index (χ4n) is 3.28. The highest BCUT2D eigenvalue weighted by atomic mass is 32.2. The molecule has 1 aromatic heterocycles. The number of benzene rings is 1. The molecule has 2 heterocycles. The van der Waals surface area contributed by atoms with E-state index in [1.165, 1.54) is 0 Å². The Hall–Kier alpha value is -2.15. The van der Waals surface area contributed by atoms with Crippen molar-refractivity contribution in [3.05, 3.63) is 35.6 Å². The molecule has 0 aliphatic carbocycles. The predicted molar refractivity (Wildman–Crippen MR) is 97.3 cm³/mol. The van der Waals surface area contributed by atoms with Crippen LogP contribution >= 0.6 is 0 Å². The maximum absolute atomic E-state index is 12.0. The number of carbonyl (C=O) groups excluding carboxylic acids is 1. The topological polar surface area (TPSA) is 88.7 Å². The fraction of sp³-hybridized carbons (Fsp3) is 0.444. The van der Waals surface area contributed by atoms with Crippen LogP contribution in [-0.4, -0.2) is 31.5 Å². The van der Waals surface area contributed by atoms with E-state index < -0.39 is 9.84 Å². The number of hydrazone groups is 1. The molecule has 1 fully saturated rings. The molecule has 0 radical (unpaired) electrons. The first kappa shape index (κ1) is 17.7. The summed E-state index contributed by atoms with van der Waals surface area (Å²) in [6.45, 7) is 3.84. The van der Waals surface area contributed by atoms with Gasteiger partial charge in [0.15, 0.2) is 15.6 Å². The van der Waals surface area contributed by atoms with E-state index in [0.717, 1.165) is 23.0 Å². The number of hydrogen-bond donors (Lipinski definition) is 1. The first-order valence-electron chi connectivity index (χ1n) is 8.44. The van der Waals surface area contributed by atoms with Gasteiger partial charge in [0.1, 0.15) is 11.3 Å². The molecule has 1 N–H and O–H groups in total. The lowest BCUT2D eigenvalue weighted by atomic mass is 10.1. The largest absolute Gasteiger partial charge is 0.454 e. The van der Waals surface area contributed by atoms with Crippen molar-refractivity contribution in [3.63, 3.8) is 0 Å². The number of aryl methyl sites for hydroxylation is 1. The second-order valence-electron chi connectivity index (χ2n) is 6.46. The number of sulfone groups is 1. The van der Waals surface area contributed by atoms with Gasteiger partial charge in [0, 0.05) is 17.4 Å². The Morgan fingerprint density at radius 1 is 1.36 bits per heavy atom. The van der Waals surface area contributed by atoms with Gasteiger partial charge in [-0.2, -0.15) is 5.10 Å². The number of amides is 1. The number of nitrogens with one attached hydrogen (secondary N) is 1. The zero-order valence-corrected chi connectivity index (χ0v) is 15.2. The maximum atomic E-state index is 12.0. The molecule has 0 unspecified atom stereocenters. The van der Waals surface area contributed by atoms with Crippen molar-refractivity contribution in [1.82, 2.24) is 5.43 Å². The standard InChI is InChI=1S/C18H22N2O4S/c1-3-14-15-6-4-5-7-16(15)24-18(14)12(2)19-20-17(21)10-13-8-9-25(22,23)11-13/h4-7,13H,3,8-11H2,1-2H3,(H,20,21)/b19-12-/t13-/m1/s1. The smallest absolute Gasteiger partial charge is 0.240 e. The van der Waals surface area contributed by atoms with Crippen LogP contribution in [0.3, 0.4) is 0 Å². The normalized spacial score (nSPS) is 20.1. The molecule has 1 aliphatic heterocycles. The SMILES string of the molecule is CCc1c(/C(C)=N\NC(=O)C[C@H]2CCS(=O)(=O)C2)oc2ccccc12. The lowest BCUT2D eigenvalue weighted by Gasteiger charge is -2.06. The Morgan fingerprint density at radius 2 is 2.12 bits per heavy atom. The van der Waals surface area contributed by atoms with Crippen molar-refractivity contribution in [3.8, 4) is 0 Å². The molecule has 1 atom stereocenters. The quantitative estimate of drug-likeness (QED) is 0.654. The first-order chi connectivity index (χ1) is 11.9. The Balaban J connectivity index is 1.70. The van der Waals surface area contributed by atoms with Crippen LogP contribution in [0.5, 0.6) is 0 Å². The summed E-state index contributed by atoms with van der Waals surface area (Å²) in [6, 6.07) is 7.79. The van der Waals surface area contributed by atoms with Gasteiger partial charge in [0.25, 0.3) is 0 Å². The van der Waals surface area contributed by atoms with Crippen molar-refractivity contribution in [1.29, 1.82) is 0 Å². The van der Waals surface area contributed by atoms with Crippen LogP contribution in [0.1, 0.15) is 38.0 Å². The summed E-state index contributed by atoms with van der Waals surface area (Å²) in [7, 11) is -2.97. The van der Waals surface area contributed by atoms with Gasteiger partial charge >= 0.3 is 0 Å². The summed E-state index contributed by atoms with van der Waals surface area (Å²) in [5, 5.41) is 5.20. The lowest BCUT2D eigenvalue weighted by molar-refractivity contribution is -0.121. The van der Waals surface area contributed by atoms with E-state index in [2.05, 4.69) is 10.5 Å². The fourth-order valence-corrected chi connectivity index (χ4v) is 5.14. The van der Waals surface area contributed by atoms with Gasteiger partial charge in [-0.15, -0.1) is 0 Å². The van der Waals surface area contributed by atoms with Crippen molar-refractivity contribution in [2.24, 2.45) is 11.0 Å². The van der Waals surface area contributed by atoms with Gasteiger partial charge in [-0.3, -0.25) is 4.79 Å². The average Bonchev–Trinajstić information content (AvgIpc) is 3.12. The summed E-state index contributed by atoms with van der Waals surface area (Å²) in [5.41, 5.74) is 4.98. The summed E-state index contributed by atoms with van der Waals surface area (Å²) < 4.78 is 28.8. The van der Waals surface area contributed by atoms with Gasteiger partial charge < -0.3 is 4.42 Å². The molecule has 0 saturated carbocycles. The minimum Gasteiger partial charge on any atom is -0.454 e. The highest BCUT2D eigenvalue weighted by Crippen LogP contribution is 2.27. The van der Waals surface area contributed by atoms with E-state index >= 15 is 0 Å². The third-order valence-electron chi connectivity index (χ3n) is 4.53. The van der Waals surface area contributed by atoms with Gasteiger partial charge in [0.05, 0.1) is 11.5 Å². The molecule has 7 heteroatoms. The Kier molecular flexibility index (Phi) is 4.94. The van der Waals surface area contributed by atoms with Gasteiger partial charge in [-0.25, -0.2) is 13.8 Å². The molecule has 1 aliphatic rings. The first-order valence-corrected chi connectivity index (χ1v) is 10.3. The number of furan rings is 1. The maximum Gasteiger partial charge on any atom is 0.240 e. The van der Waals surface area contributed by atoms with E-state index in [0.29, 0.717) is 17.9 Å². The molecular weight excluding hydrogens is 340 g/mol. The monoisotopic (exact) mass is 362 g/mol. The lowest BCUT2D eigenvalue weighted by Crippen LogP contribution is -2.22. The minimum absolute atomic E-state index is 0.0900. The molecule has 0 spiro atoms. The van der Waals surface area contributed by atoms with Gasteiger partial charge in [-0.05, 0) is 31.7 Å². The summed E-state index contributed by atoms with van der Waals surface area (Å²) >= 11 is 0. The Morgan fingerprint density at radius 3 is 2.80 bits per heavy atom. The number of nitrogens with zero attached hydrogens (tertiary/aromatic N) is 1. The molecule has 3 rings (SSSR count). The van der Waals surface area contributed by atoms with E-state index in [9.17, 15) is 13.2 Å². The third kappa shape index (κ3) is 3.92. The Bertz CT molecular complexity index is 928. The van der Waals surface area contributed by atoms with Crippen molar-refractivity contribution < 1.29 is 17.6 Å². The Labute approximate surface area is 147 Å². The second-order valence-corrected chi connectivity index (χ2v) is 8.69. The van der Waals surface area contributed by atoms with Crippen LogP contribution in [0.15, 0.2) is 33.8 Å². The van der Waals surface area contributed by atoms with Gasteiger partial charge in [0.2, 0.25) is 5.91 Å². The molecule has 0 bridgehead atoms. The average molecular weight is 362 g/mol. The van der Waals surface area contributed by atoms with Crippen LogP contribution in [0.25, 0.3) is 11.0 Å². The molecular formula is C18H22N2O4S. The van der Waals surface area contributed by atoms with Crippen molar-refractivity contribution in [2.75, 3.05) is 11.5 Å². The summed E-state index contributed by atoms with van der Waals surface area (Å²) in [6.07, 6.45) is 1.52. The van der Waals surface area contributed by atoms with Crippen molar-refractivity contribution >= 4 is 32.4 Å². The molecule has 2 aromatic rings. The van der Waals surface area contributed by atoms with Gasteiger partial charge in [-0.1, -0.05) is 25.1 Å². The van der Waals surface area contributed by atoms with Crippen LogP contribution in [0.4, 0.5) is 0 Å².